The third-order valence-corrected chi connectivity index (χ3v) is 3.61. The fraction of sp³-hybridized carbons (Fsp3) is 0.375. The van der Waals surface area contributed by atoms with Gasteiger partial charge >= 0.3 is 0 Å². The lowest BCUT2D eigenvalue weighted by atomic mass is 10.1. The van der Waals surface area contributed by atoms with Gasteiger partial charge in [0.15, 0.2) is 0 Å². The van der Waals surface area contributed by atoms with Crippen molar-refractivity contribution in [3.05, 3.63) is 46.7 Å². The Bertz CT molecular complexity index is 555. The zero-order valence-electron chi connectivity index (χ0n) is 12.3. The Labute approximate surface area is 137 Å². The van der Waals surface area contributed by atoms with Crippen molar-refractivity contribution >= 4 is 24.0 Å². The first-order valence-electron chi connectivity index (χ1n) is 6.76. The summed E-state index contributed by atoms with van der Waals surface area (Å²) in [7, 11) is 1.71. The average molecular weight is 330 g/mol. The molecule has 0 amide bonds. The van der Waals surface area contributed by atoms with Crippen LogP contribution in [0.2, 0.25) is 5.02 Å². The van der Waals surface area contributed by atoms with E-state index in [1.807, 2.05) is 37.3 Å². The molecule has 2 aromatic rings. The van der Waals surface area contributed by atoms with Gasteiger partial charge in [-0.3, -0.25) is 0 Å². The van der Waals surface area contributed by atoms with Gasteiger partial charge in [-0.1, -0.05) is 23.7 Å². The Kier molecular flexibility index (Phi) is 7.83. The third kappa shape index (κ3) is 5.04. The number of ether oxygens (including phenoxy) is 1. The van der Waals surface area contributed by atoms with E-state index in [1.165, 1.54) is 0 Å². The number of hydrogen-bond acceptors (Lipinski definition) is 3. The van der Waals surface area contributed by atoms with Gasteiger partial charge in [0, 0.05) is 24.3 Å². The molecule has 0 unspecified atom stereocenters. The molecule has 0 saturated carbocycles. The van der Waals surface area contributed by atoms with Gasteiger partial charge in [-0.05, 0) is 43.7 Å². The van der Waals surface area contributed by atoms with E-state index in [-0.39, 0.29) is 12.4 Å². The molecule has 0 aliphatic carbocycles. The maximum absolute atomic E-state index is 6.14. The van der Waals surface area contributed by atoms with Gasteiger partial charge < -0.3 is 14.5 Å². The summed E-state index contributed by atoms with van der Waals surface area (Å²) >= 11 is 6.14. The normalized spacial score (nSPS) is 10.4. The molecule has 1 aromatic carbocycles. The Morgan fingerprint density at radius 1 is 1.24 bits per heavy atom. The number of nitrogens with one attached hydrogen (secondary N) is 1. The quantitative estimate of drug-likeness (QED) is 0.761. The van der Waals surface area contributed by atoms with Gasteiger partial charge in [0.05, 0.1) is 6.54 Å². The van der Waals surface area contributed by atoms with E-state index in [0.29, 0.717) is 0 Å². The van der Waals surface area contributed by atoms with E-state index < -0.39 is 0 Å². The van der Waals surface area contributed by atoms with Crippen molar-refractivity contribution in [1.29, 1.82) is 0 Å². The van der Waals surface area contributed by atoms with Crippen LogP contribution in [0.25, 0.3) is 11.3 Å². The van der Waals surface area contributed by atoms with Crippen molar-refractivity contribution in [1.82, 2.24) is 5.32 Å². The highest BCUT2D eigenvalue weighted by Gasteiger charge is 2.09. The van der Waals surface area contributed by atoms with Crippen LogP contribution in [0.15, 0.2) is 34.7 Å². The molecule has 116 valence electrons. The van der Waals surface area contributed by atoms with Crippen LogP contribution < -0.4 is 5.32 Å². The van der Waals surface area contributed by atoms with Crippen LogP contribution in [0.1, 0.15) is 17.7 Å². The molecule has 1 N–H and O–H groups in total. The lowest BCUT2D eigenvalue weighted by Crippen LogP contribution is -2.15. The zero-order chi connectivity index (χ0) is 14.4. The molecule has 1 heterocycles. The molecule has 0 aliphatic rings. The van der Waals surface area contributed by atoms with Crippen molar-refractivity contribution in [3.63, 3.8) is 0 Å². The number of methoxy groups -OCH3 is 1. The Morgan fingerprint density at radius 2 is 2.05 bits per heavy atom. The highest BCUT2D eigenvalue weighted by atomic mass is 35.5. The van der Waals surface area contributed by atoms with Crippen molar-refractivity contribution in [2.24, 2.45) is 0 Å². The van der Waals surface area contributed by atoms with E-state index in [1.54, 1.807) is 7.11 Å². The van der Waals surface area contributed by atoms with Crippen molar-refractivity contribution in [2.75, 3.05) is 20.3 Å². The minimum atomic E-state index is 0. The van der Waals surface area contributed by atoms with Gasteiger partial charge in [-0.25, -0.2) is 0 Å². The molecule has 0 radical (unpaired) electrons. The van der Waals surface area contributed by atoms with Crippen molar-refractivity contribution < 1.29 is 9.15 Å². The molecular weight excluding hydrogens is 309 g/mol. The largest absolute Gasteiger partial charge is 0.460 e. The second kappa shape index (κ2) is 9.11. The van der Waals surface area contributed by atoms with Crippen molar-refractivity contribution in [3.8, 4) is 11.3 Å². The van der Waals surface area contributed by atoms with Crippen LogP contribution >= 0.6 is 24.0 Å². The summed E-state index contributed by atoms with van der Waals surface area (Å²) < 4.78 is 10.9. The van der Waals surface area contributed by atoms with Gasteiger partial charge in [-0.15, -0.1) is 12.4 Å². The molecule has 0 atom stereocenters. The molecule has 3 nitrogen and oxygen atoms in total. The summed E-state index contributed by atoms with van der Waals surface area (Å²) in [5, 5.41) is 4.09. The Balaban J connectivity index is 0.00000220. The van der Waals surface area contributed by atoms with Crippen LogP contribution in [0.5, 0.6) is 0 Å². The number of benzene rings is 1. The van der Waals surface area contributed by atoms with Gasteiger partial charge in [0.25, 0.3) is 0 Å². The van der Waals surface area contributed by atoms with Crippen LogP contribution in [0, 0.1) is 6.92 Å². The van der Waals surface area contributed by atoms with E-state index in [4.69, 9.17) is 20.8 Å². The first kappa shape index (κ1) is 18.1. The lowest BCUT2D eigenvalue weighted by molar-refractivity contribution is 0.194. The minimum absolute atomic E-state index is 0. The van der Waals surface area contributed by atoms with Crippen LogP contribution in [-0.2, 0) is 11.3 Å². The summed E-state index contributed by atoms with van der Waals surface area (Å²) in [5.41, 5.74) is 2.09. The Morgan fingerprint density at radius 3 is 2.81 bits per heavy atom. The summed E-state index contributed by atoms with van der Waals surface area (Å²) in [4.78, 5) is 0. The van der Waals surface area contributed by atoms with Gasteiger partial charge in [0.1, 0.15) is 11.5 Å². The lowest BCUT2D eigenvalue weighted by Gasteiger charge is -2.05. The molecule has 0 fully saturated rings. The highest BCUT2D eigenvalue weighted by Crippen LogP contribution is 2.29. The smallest absolute Gasteiger partial charge is 0.134 e. The van der Waals surface area contributed by atoms with E-state index in [0.717, 1.165) is 53.8 Å². The summed E-state index contributed by atoms with van der Waals surface area (Å²) in [6.45, 7) is 4.42. The number of halogens is 2. The van der Waals surface area contributed by atoms with Gasteiger partial charge in [-0.2, -0.15) is 0 Å². The first-order chi connectivity index (χ1) is 9.72. The third-order valence-electron chi connectivity index (χ3n) is 3.20. The maximum atomic E-state index is 6.14. The average Bonchev–Trinajstić information content (AvgIpc) is 2.90. The summed E-state index contributed by atoms with van der Waals surface area (Å²) in [5.74, 6) is 1.79. The molecule has 1 aromatic heterocycles. The predicted molar refractivity (Wildman–Crippen MR) is 89.3 cm³/mol. The first-order valence-corrected chi connectivity index (χ1v) is 7.14. The molecule has 0 bridgehead atoms. The standard InChI is InChI=1S/C16H20ClNO2.ClH/c1-12-14(5-3-6-15(12)17)16-8-7-13(20-16)11-18-9-4-10-19-2;/h3,5-8,18H,4,9-11H2,1-2H3;1H. The second-order valence-corrected chi connectivity index (χ2v) is 5.11. The number of furan rings is 1. The monoisotopic (exact) mass is 329 g/mol. The summed E-state index contributed by atoms with van der Waals surface area (Å²) in [6.07, 6.45) is 0.997. The molecular formula is C16H21Cl2NO2. The maximum Gasteiger partial charge on any atom is 0.134 e. The molecule has 0 spiro atoms. The zero-order valence-corrected chi connectivity index (χ0v) is 13.9. The number of rotatable bonds is 7. The predicted octanol–water partition coefficient (Wildman–Crippen LogP) is 4.46. The number of hydrogen-bond donors (Lipinski definition) is 1. The topological polar surface area (TPSA) is 34.4 Å². The molecule has 5 heteroatoms. The SMILES string of the molecule is COCCCNCc1ccc(-c2cccc(Cl)c2C)o1.Cl. The van der Waals surface area contributed by atoms with Gasteiger partial charge in [0.2, 0.25) is 0 Å². The fourth-order valence-electron chi connectivity index (χ4n) is 2.05. The molecule has 0 saturated heterocycles. The van der Waals surface area contributed by atoms with E-state index >= 15 is 0 Å². The van der Waals surface area contributed by atoms with Crippen LogP contribution in [0.3, 0.4) is 0 Å². The van der Waals surface area contributed by atoms with Crippen LogP contribution in [-0.4, -0.2) is 20.3 Å². The fourth-order valence-corrected chi connectivity index (χ4v) is 2.22. The molecule has 0 aliphatic heterocycles. The highest BCUT2D eigenvalue weighted by molar-refractivity contribution is 6.31. The minimum Gasteiger partial charge on any atom is -0.460 e. The van der Waals surface area contributed by atoms with E-state index in [2.05, 4.69) is 5.32 Å². The van der Waals surface area contributed by atoms with Crippen LogP contribution in [0.4, 0.5) is 0 Å². The van der Waals surface area contributed by atoms with E-state index in [9.17, 15) is 0 Å². The molecule has 21 heavy (non-hydrogen) atoms. The summed E-state index contributed by atoms with van der Waals surface area (Å²) in [6, 6.07) is 9.84. The molecule has 2 rings (SSSR count). The second-order valence-electron chi connectivity index (χ2n) is 4.70. The Hall–Kier alpha value is -1.000. The van der Waals surface area contributed by atoms with Crippen molar-refractivity contribution in [2.45, 2.75) is 19.9 Å².